The molecule has 4 rings (SSSR count). The number of amides is 1. The number of nitrogens with zero attached hydrogens (tertiary/aromatic N) is 1. The van der Waals surface area contributed by atoms with Crippen LogP contribution in [0.2, 0.25) is 0 Å². The summed E-state index contributed by atoms with van der Waals surface area (Å²) >= 11 is 0. The van der Waals surface area contributed by atoms with Gasteiger partial charge in [-0.25, -0.2) is 0 Å². The van der Waals surface area contributed by atoms with Crippen molar-refractivity contribution in [2.24, 2.45) is 16.5 Å². The average Bonchev–Trinajstić information content (AvgIpc) is 3.12. The first-order chi connectivity index (χ1) is 14.0. The fourth-order valence-corrected chi connectivity index (χ4v) is 3.63. The zero-order valence-electron chi connectivity index (χ0n) is 16.4. The van der Waals surface area contributed by atoms with Gasteiger partial charge in [-0.2, -0.15) is 0 Å². The van der Waals surface area contributed by atoms with E-state index in [9.17, 15) is 4.79 Å². The molecule has 5 nitrogen and oxygen atoms in total. The molecular weight excluding hydrogens is 360 g/mol. The molecule has 1 aliphatic heterocycles. The van der Waals surface area contributed by atoms with E-state index in [0.717, 1.165) is 33.4 Å². The summed E-state index contributed by atoms with van der Waals surface area (Å²) in [4.78, 5) is 17.2. The predicted octanol–water partition coefficient (Wildman–Crippen LogP) is 3.31. The minimum absolute atomic E-state index is 0.147. The Morgan fingerprint density at radius 3 is 2.66 bits per heavy atom. The monoisotopic (exact) mass is 384 g/mol. The zero-order valence-corrected chi connectivity index (χ0v) is 16.4. The molecule has 5 N–H and O–H groups in total. The summed E-state index contributed by atoms with van der Waals surface area (Å²) in [5.74, 6) is 0.422. The van der Waals surface area contributed by atoms with Gasteiger partial charge < -0.3 is 16.8 Å². The predicted molar refractivity (Wildman–Crippen MR) is 117 cm³/mol. The van der Waals surface area contributed by atoms with E-state index in [1.165, 1.54) is 0 Å². The van der Waals surface area contributed by atoms with Gasteiger partial charge in [0, 0.05) is 17.7 Å². The smallest absolute Gasteiger partial charge is 0.251 e. The van der Waals surface area contributed by atoms with Gasteiger partial charge in [0.15, 0.2) is 0 Å². The lowest BCUT2D eigenvalue weighted by atomic mass is 9.98. The summed E-state index contributed by atoms with van der Waals surface area (Å²) in [5.41, 5.74) is 18.7. The van der Waals surface area contributed by atoms with Crippen LogP contribution in [-0.2, 0) is 6.54 Å². The molecule has 1 atom stereocenters. The number of benzene rings is 3. The van der Waals surface area contributed by atoms with Crippen LogP contribution in [0, 0.1) is 6.92 Å². The molecule has 1 amide bonds. The van der Waals surface area contributed by atoms with Crippen molar-refractivity contribution < 1.29 is 4.79 Å². The van der Waals surface area contributed by atoms with Gasteiger partial charge in [0.2, 0.25) is 0 Å². The summed E-state index contributed by atoms with van der Waals surface area (Å²) in [6, 6.07) is 21.5. The Balaban J connectivity index is 1.58. The van der Waals surface area contributed by atoms with E-state index in [-0.39, 0.29) is 11.9 Å². The van der Waals surface area contributed by atoms with Gasteiger partial charge in [-0.05, 0) is 47.4 Å². The van der Waals surface area contributed by atoms with Crippen LogP contribution in [0.15, 0.2) is 71.7 Å². The Labute approximate surface area is 170 Å². The summed E-state index contributed by atoms with van der Waals surface area (Å²) in [6.45, 7) is 2.98. The molecule has 0 saturated heterocycles. The number of nitrogens with one attached hydrogen (secondary N) is 1. The van der Waals surface area contributed by atoms with E-state index in [4.69, 9.17) is 11.5 Å². The molecule has 0 bridgehead atoms. The van der Waals surface area contributed by atoms with E-state index >= 15 is 0 Å². The van der Waals surface area contributed by atoms with Crippen molar-refractivity contribution in [1.82, 2.24) is 5.32 Å². The van der Waals surface area contributed by atoms with Gasteiger partial charge in [0.1, 0.15) is 5.84 Å². The highest BCUT2D eigenvalue weighted by molar-refractivity contribution is 6.02. The number of hydrogen-bond donors (Lipinski definition) is 3. The van der Waals surface area contributed by atoms with Gasteiger partial charge in [0.05, 0.1) is 12.6 Å². The summed E-state index contributed by atoms with van der Waals surface area (Å²) in [5, 5.41) is 3.05. The first-order valence-corrected chi connectivity index (χ1v) is 9.66. The Bertz CT molecular complexity index is 1100. The third-order valence-electron chi connectivity index (χ3n) is 5.25. The molecular formula is C24H24N4O. The molecule has 0 aliphatic carbocycles. The number of carbonyl (C=O) groups excluding carboxylic acids is 1. The van der Waals surface area contributed by atoms with Gasteiger partial charge in [-0.1, -0.05) is 54.1 Å². The van der Waals surface area contributed by atoms with Crippen LogP contribution in [0.4, 0.5) is 0 Å². The van der Waals surface area contributed by atoms with E-state index < -0.39 is 0 Å². The van der Waals surface area contributed by atoms with Gasteiger partial charge in [-0.3, -0.25) is 9.79 Å². The molecule has 3 aromatic carbocycles. The van der Waals surface area contributed by atoms with E-state index in [1.54, 1.807) is 0 Å². The van der Waals surface area contributed by atoms with Crippen molar-refractivity contribution in [3.63, 3.8) is 0 Å². The molecule has 0 saturated carbocycles. The molecule has 0 fully saturated rings. The number of carbonyl (C=O) groups is 1. The molecule has 0 spiro atoms. The third-order valence-corrected chi connectivity index (χ3v) is 5.25. The molecule has 1 aliphatic rings. The number of nitrogens with two attached hydrogens (primary N) is 2. The minimum atomic E-state index is -0.234. The number of hydrogen-bond acceptors (Lipinski definition) is 4. The Morgan fingerprint density at radius 1 is 1.07 bits per heavy atom. The molecule has 3 aromatic rings. The second-order valence-electron chi connectivity index (χ2n) is 7.33. The zero-order chi connectivity index (χ0) is 20.4. The fourth-order valence-electron chi connectivity index (χ4n) is 3.63. The van der Waals surface area contributed by atoms with E-state index in [0.29, 0.717) is 24.5 Å². The first kappa shape index (κ1) is 18.9. The number of aryl methyl sites for hydroxylation is 1. The molecule has 1 unspecified atom stereocenters. The lowest BCUT2D eigenvalue weighted by Crippen LogP contribution is -2.33. The number of aliphatic imine (C=N–C) groups is 1. The van der Waals surface area contributed by atoms with Gasteiger partial charge in [0.25, 0.3) is 5.91 Å². The summed E-state index contributed by atoms with van der Waals surface area (Å²) in [7, 11) is 0. The highest BCUT2D eigenvalue weighted by atomic mass is 16.1. The van der Waals surface area contributed by atoms with Crippen molar-refractivity contribution in [1.29, 1.82) is 0 Å². The van der Waals surface area contributed by atoms with E-state index in [2.05, 4.69) is 10.3 Å². The van der Waals surface area contributed by atoms with Crippen LogP contribution in [0.5, 0.6) is 0 Å². The quantitative estimate of drug-likeness (QED) is 0.630. The maximum absolute atomic E-state index is 12.9. The summed E-state index contributed by atoms with van der Waals surface area (Å²) < 4.78 is 0. The second-order valence-corrected chi connectivity index (χ2v) is 7.33. The maximum atomic E-state index is 12.9. The van der Waals surface area contributed by atoms with Crippen LogP contribution in [0.3, 0.4) is 0 Å². The molecule has 1 heterocycles. The maximum Gasteiger partial charge on any atom is 0.251 e. The highest BCUT2D eigenvalue weighted by Gasteiger charge is 2.17. The topological polar surface area (TPSA) is 93.5 Å². The summed E-state index contributed by atoms with van der Waals surface area (Å²) in [6.07, 6.45) is 0. The highest BCUT2D eigenvalue weighted by Crippen LogP contribution is 2.26. The molecule has 5 heteroatoms. The number of rotatable bonds is 5. The first-order valence-electron chi connectivity index (χ1n) is 9.66. The Kier molecular flexibility index (Phi) is 5.14. The molecule has 29 heavy (non-hydrogen) atoms. The Morgan fingerprint density at radius 2 is 1.86 bits per heavy atom. The van der Waals surface area contributed by atoms with Crippen LogP contribution in [-0.4, -0.2) is 18.3 Å². The van der Waals surface area contributed by atoms with Crippen LogP contribution >= 0.6 is 0 Å². The molecule has 0 radical (unpaired) electrons. The third kappa shape index (κ3) is 3.91. The Hall–Kier alpha value is -3.44. The van der Waals surface area contributed by atoms with Crippen molar-refractivity contribution in [3.8, 4) is 11.1 Å². The van der Waals surface area contributed by atoms with Gasteiger partial charge in [-0.15, -0.1) is 0 Å². The largest absolute Gasteiger partial charge is 0.383 e. The van der Waals surface area contributed by atoms with Crippen LogP contribution < -0.4 is 16.8 Å². The number of amidine groups is 1. The van der Waals surface area contributed by atoms with Crippen molar-refractivity contribution in [2.45, 2.75) is 19.5 Å². The van der Waals surface area contributed by atoms with Crippen molar-refractivity contribution >= 4 is 11.7 Å². The standard InChI is InChI=1S/C24H24N4O/c1-15-4-2-6-18(10-15)22(13-25)28-24(29)19-7-3-5-16(11-19)17-8-9-20-14-27-23(26)21(20)12-17/h2-12,22H,13-14,25H2,1H3,(H2,26,27)(H,28,29). The van der Waals surface area contributed by atoms with Crippen LogP contribution in [0.25, 0.3) is 11.1 Å². The second kappa shape index (κ2) is 7.89. The molecule has 146 valence electrons. The lowest BCUT2D eigenvalue weighted by molar-refractivity contribution is 0.0938. The molecule has 0 aromatic heterocycles. The fraction of sp³-hybridized carbons (Fsp3) is 0.167. The van der Waals surface area contributed by atoms with E-state index in [1.807, 2.05) is 73.7 Å². The van der Waals surface area contributed by atoms with Crippen molar-refractivity contribution in [3.05, 3.63) is 94.5 Å². The normalized spacial score (nSPS) is 13.5. The van der Waals surface area contributed by atoms with Crippen LogP contribution in [0.1, 0.15) is 38.7 Å². The average molecular weight is 384 g/mol. The lowest BCUT2D eigenvalue weighted by Gasteiger charge is -2.18. The SMILES string of the molecule is Cc1cccc(C(CN)NC(=O)c2cccc(-c3ccc4c(c3)C(N)=NC4)c2)c1. The minimum Gasteiger partial charge on any atom is -0.383 e. The van der Waals surface area contributed by atoms with Crippen molar-refractivity contribution in [2.75, 3.05) is 6.54 Å². The van der Waals surface area contributed by atoms with Gasteiger partial charge >= 0.3 is 0 Å². The number of fused-ring (bicyclic) bond motifs is 1.